The molecular formula is C14H22BrN. The molecule has 0 heterocycles. The molecule has 0 bridgehead atoms. The van der Waals surface area contributed by atoms with E-state index in [1.165, 1.54) is 16.8 Å². The Labute approximate surface area is 108 Å². The van der Waals surface area contributed by atoms with Crippen LogP contribution in [0.2, 0.25) is 0 Å². The summed E-state index contributed by atoms with van der Waals surface area (Å²) in [6, 6.07) is 6.72. The Balaban J connectivity index is 2.99. The summed E-state index contributed by atoms with van der Waals surface area (Å²) in [5.74, 6) is 0.699. The highest BCUT2D eigenvalue weighted by Crippen LogP contribution is 2.24. The molecule has 0 N–H and O–H groups in total. The van der Waals surface area contributed by atoms with Crippen LogP contribution in [0.4, 0.5) is 5.69 Å². The first-order chi connectivity index (χ1) is 7.58. The molecule has 0 aliphatic carbocycles. The lowest BCUT2D eigenvalue weighted by Gasteiger charge is -2.27. The zero-order valence-electron chi connectivity index (χ0n) is 10.8. The molecule has 0 saturated heterocycles. The Morgan fingerprint density at radius 3 is 2.50 bits per heavy atom. The summed E-state index contributed by atoms with van der Waals surface area (Å²) in [5, 5.41) is 0.929. The van der Waals surface area contributed by atoms with Crippen LogP contribution in [0.3, 0.4) is 0 Å². The third-order valence-corrected chi connectivity index (χ3v) is 3.29. The normalized spacial score (nSPS) is 10.9. The highest BCUT2D eigenvalue weighted by molar-refractivity contribution is 9.08. The van der Waals surface area contributed by atoms with Crippen LogP contribution < -0.4 is 4.90 Å². The summed E-state index contributed by atoms with van der Waals surface area (Å²) >= 11 is 3.58. The van der Waals surface area contributed by atoms with E-state index in [9.17, 15) is 0 Å². The molecule has 1 nitrogen and oxygen atoms in total. The Kier molecular flexibility index (Phi) is 5.33. The van der Waals surface area contributed by atoms with Crippen molar-refractivity contribution in [2.45, 2.75) is 33.0 Å². The molecule has 90 valence electrons. The van der Waals surface area contributed by atoms with Crippen LogP contribution >= 0.6 is 15.9 Å². The molecule has 0 spiro atoms. The lowest BCUT2D eigenvalue weighted by Crippen LogP contribution is -2.28. The molecule has 0 aliphatic rings. The number of hydrogen-bond donors (Lipinski definition) is 0. The highest BCUT2D eigenvalue weighted by atomic mass is 79.9. The second-order valence-electron chi connectivity index (χ2n) is 4.70. The zero-order chi connectivity index (χ0) is 12.1. The topological polar surface area (TPSA) is 3.24 Å². The maximum atomic E-state index is 3.58. The summed E-state index contributed by atoms with van der Waals surface area (Å²) in [6.07, 6.45) is 0. The first-order valence-electron chi connectivity index (χ1n) is 5.98. The molecule has 1 aromatic rings. The maximum absolute atomic E-state index is 3.58. The first kappa shape index (κ1) is 13.6. The van der Waals surface area contributed by atoms with Gasteiger partial charge in [0.2, 0.25) is 0 Å². The minimum atomic E-state index is 0.699. The number of anilines is 1. The van der Waals surface area contributed by atoms with Gasteiger partial charge in [-0.25, -0.2) is 0 Å². The van der Waals surface area contributed by atoms with Crippen molar-refractivity contribution in [3.63, 3.8) is 0 Å². The van der Waals surface area contributed by atoms with Crippen molar-refractivity contribution < 1.29 is 0 Å². The number of hydrogen-bond acceptors (Lipinski definition) is 1. The number of benzene rings is 1. The fraction of sp³-hybridized carbons (Fsp3) is 0.571. The van der Waals surface area contributed by atoms with Gasteiger partial charge in [-0.15, -0.1) is 0 Å². The van der Waals surface area contributed by atoms with E-state index in [4.69, 9.17) is 0 Å². The molecule has 0 saturated carbocycles. The third kappa shape index (κ3) is 3.51. The Hall–Kier alpha value is -0.500. The van der Waals surface area contributed by atoms with Gasteiger partial charge >= 0.3 is 0 Å². The molecule has 1 rings (SSSR count). The lowest BCUT2D eigenvalue weighted by atomic mass is 10.1. The van der Waals surface area contributed by atoms with E-state index in [0.29, 0.717) is 5.92 Å². The van der Waals surface area contributed by atoms with Crippen molar-refractivity contribution in [2.24, 2.45) is 5.92 Å². The van der Waals surface area contributed by atoms with Crippen molar-refractivity contribution in [1.82, 2.24) is 0 Å². The molecule has 0 radical (unpaired) electrons. The van der Waals surface area contributed by atoms with Crippen LogP contribution in [-0.2, 0) is 5.33 Å². The van der Waals surface area contributed by atoms with Gasteiger partial charge in [0.15, 0.2) is 0 Å². The van der Waals surface area contributed by atoms with E-state index in [2.05, 4.69) is 66.7 Å². The summed E-state index contributed by atoms with van der Waals surface area (Å²) in [7, 11) is 0. The Morgan fingerprint density at radius 2 is 2.00 bits per heavy atom. The van der Waals surface area contributed by atoms with Gasteiger partial charge in [0.1, 0.15) is 0 Å². The quantitative estimate of drug-likeness (QED) is 0.726. The largest absolute Gasteiger partial charge is 0.371 e. The third-order valence-electron chi connectivity index (χ3n) is 2.69. The molecule has 0 atom stereocenters. The predicted molar refractivity (Wildman–Crippen MR) is 76.5 cm³/mol. The Bertz CT molecular complexity index is 334. The maximum Gasteiger partial charge on any atom is 0.0407 e. The van der Waals surface area contributed by atoms with Crippen LogP contribution in [0.25, 0.3) is 0 Å². The smallest absolute Gasteiger partial charge is 0.0407 e. The summed E-state index contributed by atoms with van der Waals surface area (Å²) < 4.78 is 0. The van der Waals surface area contributed by atoms with Gasteiger partial charge < -0.3 is 4.90 Å². The molecule has 0 amide bonds. The fourth-order valence-corrected chi connectivity index (χ4v) is 2.42. The van der Waals surface area contributed by atoms with Gasteiger partial charge in [0.25, 0.3) is 0 Å². The van der Waals surface area contributed by atoms with E-state index in [1.54, 1.807) is 0 Å². The first-order valence-corrected chi connectivity index (χ1v) is 7.11. The molecule has 0 aliphatic heterocycles. The van der Waals surface area contributed by atoms with Gasteiger partial charge in [-0.3, -0.25) is 0 Å². The van der Waals surface area contributed by atoms with E-state index >= 15 is 0 Å². The van der Waals surface area contributed by atoms with Gasteiger partial charge in [-0.1, -0.05) is 47.5 Å². The van der Waals surface area contributed by atoms with Crippen LogP contribution in [-0.4, -0.2) is 13.1 Å². The lowest BCUT2D eigenvalue weighted by molar-refractivity contribution is 0.618. The molecule has 0 aromatic heterocycles. The minimum Gasteiger partial charge on any atom is -0.371 e. The number of rotatable bonds is 5. The van der Waals surface area contributed by atoms with Gasteiger partial charge in [0, 0.05) is 24.1 Å². The molecule has 16 heavy (non-hydrogen) atoms. The second kappa shape index (κ2) is 6.29. The zero-order valence-corrected chi connectivity index (χ0v) is 12.3. The summed E-state index contributed by atoms with van der Waals surface area (Å²) in [5.41, 5.74) is 4.10. The summed E-state index contributed by atoms with van der Waals surface area (Å²) in [6.45, 7) is 11.1. The molecule has 0 fully saturated rings. The van der Waals surface area contributed by atoms with E-state index < -0.39 is 0 Å². The number of alkyl halides is 1. The average molecular weight is 284 g/mol. The standard InChI is InChI=1S/C14H22BrN/c1-5-16(10-11(2)3)14-7-6-12(4)8-13(14)9-15/h6-8,11H,5,9-10H2,1-4H3. The van der Waals surface area contributed by atoms with E-state index in [1.807, 2.05) is 0 Å². The van der Waals surface area contributed by atoms with Crippen molar-refractivity contribution in [2.75, 3.05) is 18.0 Å². The molecule has 0 unspecified atom stereocenters. The molecule has 2 heteroatoms. The van der Waals surface area contributed by atoms with Crippen LogP contribution in [0.1, 0.15) is 31.9 Å². The van der Waals surface area contributed by atoms with Crippen molar-refractivity contribution >= 4 is 21.6 Å². The Morgan fingerprint density at radius 1 is 1.31 bits per heavy atom. The molecule has 1 aromatic carbocycles. The highest BCUT2D eigenvalue weighted by Gasteiger charge is 2.10. The second-order valence-corrected chi connectivity index (χ2v) is 5.26. The van der Waals surface area contributed by atoms with Crippen molar-refractivity contribution in [1.29, 1.82) is 0 Å². The molecular weight excluding hydrogens is 262 g/mol. The van der Waals surface area contributed by atoms with Crippen molar-refractivity contribution in [3.05, 3.63) is 29.3 Å². The van der Waals surface area contributed by atoms with Crippen molar-refractivity contribution in [3.8, 4) is 0 Å². The van der Waals surface area contributed by atoms with Gasteiger partial charge in [-0.05, 0) is 31.4 Å². The fourth-order valence-electron chi connectivity index (χ4n) is 1.97. The number of halogens is 1. The number of aryl methyl sites for hydroxylation is 1. The van der Waals surface area contributed by atoms with E-state index in [0.717, 1.165) is 18.4 Å². The van der Waals surface area contributed by atoms with E-state index in [-0.39, 0.29) is 0 Å². The average Bonchev–Trinajstić information content (AvgIpc) is 2.25. The van der Waals surface area contributed by atoms with Gasteiger partial charge in [-0.2, -0.15) is 0 Å². The number of nitrogens with zero attached hydrogens (tertiary/aromatic N) is 1. The predicted octanol–water partition coefficient (Wildman–Crippen LogP) is 4.37. The van der Waals surface area contributed by atoms with Crippen LogP contribution in [0.15, 0.2) is 18.2 Å². The minimum absolute atomic E-state index is 0.699. The SMILES string of the molecule is CCN(CC(C)C)c1ccc(C)cc1CBr. The monoisotopic (exact) mass is 283 g/mol. The van der Waals surface area contributed by atoms with Gasteiger partial charge in [0.05, 0.1) is 0 Å². The van der Waals surface area contributed by atoms with Crippen LogP contribution in [0, 0.1) is 12.8 Å². The van der Waals surface area contributed by atoms with Crippen LogP contribution in [0.5, 0.6) is 0 Å². The summed E-state index contributed by atoms with van der Waals surface area (Å²) in [4.78, 5) is 2.46.